The molecule has 158 valence electrons. The van der Waals surface area contributed by atoms with Gasteiger partial charge in [0.05, 0.1) is 17.3 Å². The van der Waals surface area contributed by atoms with Gasteiger partial charge in [-0.25, -0.2) is 9.67 Å². The molecular weight excluding hydrogens is 388 g/mol. The molecule has 0 aliphatic carbocycles. The molecule has 5 rings (SSSR count). The molecule has 1 fully saturated rings. The lowest BCUT2D eigenvalue weighted by Crippen LogP contribution is -2.40. The zero-order valence-electron chi connectivity index (χ0n) is 17.7. The van der Waals surface area contributed by atoms with Crippen LogP contribution in [0.3, 0.4) is 0 Å². The number of aromatic nitrogens is 3. The van der Waals surface area contributed by atoms with Gasteiger partial charge < -0.3 is 9.32 Å². The monoisotopic (exact) mass is 414 g/mol. The summed E-state index contributed by atoms with van der Waals surface area (Å²) in [6.45, 7) is 3.77. The van der Waals surface area contributed by atoms with Crippen LogP contribution in [0.15, 0.2) is 65.4 Å². The van der Waals surface area contributed by atoms with Gasteiger partial charge in [-0.05, 0) is 55.9 Å². The summed E-state index contributed by atoms with van der Waals surface area (Å²) in [6, 6.07) is 16.3. The van der Waals surface area contributed by atoms with E-state index in [1.807, 2.05) is 30.0 Å². The van der Waals surface area contributed by atoms with Crippen LogP contribution in [-0.2, 0) is 17.8 Å². The van der Waals surface area contributed by atoms with Gasteiger partial charge in [0.15, 0.2) is 5.65 Å². The lowest BCUT2D eigenvalue weighted by Gasteiger charge is -2.32. The predicted octanol–water partition coefficient (Wildman–Crippen LogP) is 4.48. The molecule has 0 spiro atoms. The normalized spacial score (nSPS) is 14.9. The minimum atomic E-state index is 0.104. The van der Waals surface area contributed by atoms with E-state index in [1.165, 1.54) is 5.56 Å². The molecule has 0 atom stereocenters. The SMILES string of the molecule is Cc1nn(CC(=O)N2CCC(Cc3ccccc3)CC2)c2nccc(-c3ccco3)c12. The van der Waals surface area contributed by atoms with Crippen molar-refractivity contribution < 1.29 is 9.21 Å². The Morgan fingerprint density at radius 1 is 1.10 bits per heavy atom. The van der Waals surface area contributed by atoms with Gasteiger partial charge in [0.25, 0.3) is 0 Å². The van der Waals surface area contributed by atoms with Crippen molar-refractivity contribution in [3.05, 3.63) is 72.2 Å². The molecule has 1 amide bonds. The molecule has 4 heterocycles. The van der Waals surface area contributed by atoms with E-state index in [4.69, 9.17) is 4.42 Å². The fraction of sp³-hybridized carbons (Fsp3) is 0.320. The van der Waals surface area contributed by atoms with Crippen molar-refractivity contribution >= 4 is 16.9 Å². The Balaban J connectivity index is 1.28. The van der Waals surface area contributed by atoms with Gasteiger partial charge in [-0.2, -0.15) is 5.10 Å². The minimum absolute atomic E-state index is 0.104. The Bertz CT molecular complexity index is 1170. The topological polar surface area (TPSA) is 64.2 Å². The van der Waals surface area contributed by atoms with Crippen LogP contribution in [0.25, 0.3) is 22.4 Å². The molecular formula is C25H26N4O2. The van der Waals surface area contributed by atoms with Gasteiger partial charge in [0, 0.05) is 24.8 Å². The summed E-state index contributed by atoms with van der Waals surface area (Å²) in [5.74, 6) is 1.52. The van der Waals surface area contributed by atoms with Gasteiger partial charge in [-0.15, -0.1) is 0 Å². The maximum Gasteiger partial charge on any atom is 0.244 e. The fourth-order valence-corrected chi connectivity index (χ4v) is 4.59. The maximum atomic E-state index is 13.0. The van der Waals surface area contributed by atoms with E-state index in [1.54, 1.807) is 17.1 Å². The predicted molar refractivity (Wildman–Crippen MR) is 119 cm³/mol. The van der Waals surface area contributed by atoms with E-state index in [2.05, 4.69) is 40.4 Å². The Morgan fingerprint density at radius 3 is 2.65 bits per heavy atom. The van der Waals surface area contributed by atoms with Crippen molar-refractivity contribution in [2.24, 2.45) is 5.92 Å². The first-order chi connectivity index (χ1) is 15.2. The Labute approximate surface area is 181 Å². The highest BCUT2D eigenvalue weighted by atomic mass is 16.3. The molecule has 0 saturated carbocycles. The molecule has 1 aliphatic rings. The van der Waals surface area contributed by atoms with Gasteiger partial charge in [-0.3, -0.25) is 4.79 Å². The Hall–Kier alpha value is -3.41. The molecule has 6 heteroatoms. The molecule has 1 saturated heterocycles. The number of amides is 1. The van der Waals surface area contributed by atoms with Crippen LogP contribution in [-0.4, -0.2) is 38.7 Å². The van der Waals surface area contributed by atoms with E-state index >= 15 is 0 Å². The molecule has 4 aromatic rings. The average Bonchev–Trinajstić information content (AvgIpc) is 3.44. The number of hydrogen-bond donors (Lipinski definition) is 0. The summed E-state index contributed by atoms with van der Waals surface area (Å²) < 4.78 is 7.31. The summed E-state index contributed by atoms with van der Waals surface area (Å²) in [5, 5.41) is 5.57. The number of hydrogen-bond acceptors (Lipinski definition) is 4. The molecule has 6 nitrogen and oxygen atoms in total. The van der Waals surface area contributed by atoms with Crippen molar-refractivity contribution in [2.75, 3.05) is 13.1 Å². The van der Waals surface area contributed by atoms with E-state index < -0.39 is 0 Å². The second-order valence-electron chi connectivity index (χ2n) is 8.29. The third kappa shape index (κ3) is 3.98. The molecule has 1 aliphatic heterocycles. The van der Waals surface area contributed by atoms with Crippen LogP contribution < -0.4 is 0 Å². The molecule has 0 N–H and O–H groups in total. The Morgan fingerprint density at radius 2 is 1.90 bits per heavy atom. The second kappa shape index (κ2) is 8.38. The molecule has 1 aromatic carbocycles. The molecule has 0 bridgehead atoms. The Kier molecular flexibility index (Phi) is 5.28. The number of benzene rings is 1. The average molecular weight is 415 g/mol. The number of likely N-dealkylation sites (tertiary alicyclic amines) is 1. The summed E-state index contributed by atoms with van der Waals surface area (Å²) in [6.07, 6.45) is 6.58. The first-order valence-electron chi connectivity index (χ1n) is 10.9. The lowest BCUT2D eigenvalue weighted by molar-refractivity contribution is -0.133. The first-order valence-corrected chi connectivity index (χ1v) is 10.9. The summed E-state index contributed by atoms with van der Waals surface area (Å²) in [5.41, 5.74) is 3.90. The van der Waals surface area contributed by atoms with Gasteiger partial charge in [0.2, 0.25) is 5.91 Å². The van der Waals surface area contributed by atoms with Crippen molar-refractivity contribution in [3.8, 4) is 11.3 Å². The summed E-state index contributed by atoms with van der Waals surface area (Å²) >= 11 is 0. The van der Waals surface area contributed by atoms with Crippen LogP contribution in [0.4, 0.5) is 0 Å². The third-order valence-corrected chi connectivity index (χ3v) is 6.21. The van der Waals surface area contributed by atoms with E-state index in [0.29, 0.717) is 5.92 Å². The molecule has 31 heavy (non-hydrogen) atoms. The highest BCUT2D eigenvalue weighted by Crippen LogP contribution is 2.30. The number of furan rings is 1. The van der Waals surface area contributed by atoms with E-state index in [9.17, 15) is 4.79 Å². The standard InChI is InChI=1S/C25H26N4O2/c1-18-24-21(22-8-5-15-31-22)9-12-26-25(24)29(27-18)17-23(30)28-13-10-20(11-14-28)16-19-6-3-2-4-7-19/h2-9,12,15,20H,10-11,13-14,16-17H2,1H3. The number of aryl methyl sites for hydroxylation is 1. The summed E-state index contributed by atoms with van der Waals surface area (Å²) in [7, 11) is 0. The largest absolute Gasteiger partial charge is 0.464 e. The second-order valence-corrected chi connectivity index (χ2v) is 8.29. The van der Waals surface area contributed by atoms with Crippen LogP contribution in [0.1, 0.15) is 24.1 Å². The van der Waals surface area contributed by atoms with Crippen LogP contribution in [0, 0.1) is 12.8 Å². The number of pyridine rings is 1. The van der Waals surface area contributed by atoms with Crippen molar-refractivity contribution in [1.82, 2.24) is 19.7 Å². The van der Waals surface area contributed by atoms with Crippen molar-refractivity contribution in [1.29, 1.82) is 0 Å². The quantitative estimate of drug-likeness (QED) is 0.483. The van der Waals surface area contributed by atoms with Gasteiger partial charge in [-0.1, -0.05) is 30.3 Å². The first kappa shape index (κ1) is 19.5. The maximum absolute atomic E-state index is 13.0. The highest BCUT2D eigenvalue weighted by molar-refractivity contribution is 5.93. The van der Waals surface area contributed by atoms with E-state index in [0.717, 1.165) is 60.4 Å². The van der Waals surface area contributed by atoms with Crippen molar-refractivity contribution in [2.45, 2.75) is 32.7 Å². The minimum Gasteiger partial charge on any atom is -0.464 e. The van der Waals surface area contributed by atoms with Gasteiger partial charge >= 0.3 is 0 Å². The molecule has 0 unspecified atom stereocenters. The van der Waals surface area contributed by atoms with Gasteiger partial charge in [0.1, 0.15) is 12.3 Å². The number of fused-ring (bicyclic) bond motifs is 1. The third-order valence-electron chi connectivity index (χ3n) is 6.21. The number of rotatable bonds is 5. The van der Waals surface area contributed by atoms with E-state index in [-0.39, 0.29) is 12.5 Å². The molecule has 3 aromatic heterocycles. The van der Waals surface area contributed by atoms with Crippen LogP contribution >= 0.6 is 0 Å². The zero-order valence-corrected chi connectivity index (χ0v) is 17.7. The lowest BCUT2D eigenvalue weighted by atomic mass is 9.90. The zero-order chi connectivity index (χ0) is 21.2. The fourth-order valence-electron chi connectivity index (χ4n) is 4.59. The van der Waals surface area contributed by atoms with Crippen molar-refractivity contribution in [3.63, 3.8) is 0 Å². The molecule has 0 radical (unpaired) electrons. The summed E-state index contributed by atoms with van der Waals surface area (Å²) in [4.78, 5) is 19.5. The van der Waals surface area contributed by atoms with Crippen LogP contribution in [0.2, 0.25) is 0 Å². The number of carbonyl (C=O) groups excluding carboxylic acids is 1. The number of nitrogens with zero attached hydrogens (tertiary/aromatic N) is 4. The number of carbonyl (C=O) groups is 1. The van der Waals surface area contributed by atoms with Crippen LogP contribution in [0.5, 0.6) is 0 Å². The highest BCUT2D eigenvalue weighted by Gasteiger charge is 2.24. The number of piperidine rings is 1. The smallest absolute Gasteiger partial charge is 0.244 e.